The normalized spacial score (nSPS) is 12.1. The van der Waals surface area contributed by atoms with Crippen LogP contribution in [0.4, 0.5) is 14.6 Å². The number of amides is 1. The van der Waals surface area contributed by atoms with Crippen LogP contribution in [0.15, 0.2) is 18.3 Å². The zero-order chi connectivity index (χ0) is 13.7. The highest BCUT2D eigenvalue weighted by molar-refractivity contribution is 5.83. The number of anilines is 1. The summed E-state index contributed by atoms with van der Waals surface area (Å²) in [6.45, 7) is -1.19. The molecule has 0 bridgehead atoms. The molecule has 0 aliphatic rings. The van der Waals surface area contributed by atoms with Crippen LogP contribution in [0.3, 0.4) is 0 Å². The van der Waals surface area contributed by atoms with Crippen LogP contribution in [0.2, 0.25) is 0 Å². The lowest BCUT2D eigenvalue weighted by atomic mass is 10.3. The molecule has 0 aliphatic heterocycles. The van der Waals surface area contributed by atoms with Gasteiger partial charge in [-0.15, -0.1) is 0 Å². The molecule has 0 spiro atoms. The molecule has 1 rings (SSSR count). The lowest BCUT2D eigenvalue weighted by molar-refractivity contribution is -0.129. The van der Waals surface area contributed by atoms with Gasteiger partial charge in [-0.05, 0) is 19.1 Å². The smallest absolute Gasteiger partial charge is 0.387 e. The fourth-order valence-electron chi connectivity index (χ4n) is 1.31. The number of hydrogen-bond acceptors (Lipinski definition) is 4. The van der Waals surface area contributed by atoms with Gasteiger partial charge in [-0.2, -0.15) is 8.78 Å². The molecular weight excluding hydrogens is 244 g/mol. The minimum absolute atomic E-state index is 0.0258. The van der Waals surface area contributed by atoms with Crippen molar-refractivity contribution in [2.45, 2.75) is 19.6 Å². The van der Waals surface area contributed by atoms with Crippen LogP contribution in [-0.2, 0) is 4.79 Å². The fourth-order valence-corrected chi connectivity index (χ4v) is 1.31. The van der Waals surface area contributed by atoms with Gasteiger partial charge in [0.25, 0.3) is 0 Å². The molecule has 0 radical (unpaired) electrons. The summed E-state index contributed by atoms with van der Waals surface area (Å²) < 4.78 is 28.0. The van der Waals surface area contributed by atoms with Gasteiger partial charge in [-0.1, -0.05) is 0 Å². The third-order valence-electron chi connectivity index (χ3n) is 2.14. The minimum atomic E-state index is -2.88. The highest BCUT2D eigenvalue weighted by Crippen LogP contribution is 2.15. The Bertz CT molecular complexity index is 396. The Morgan fingerprint density at radius 3 is 2.56 bits per heavy atom. The van der Waals surface area contributed by atoms with Crippen LogP contribution in [0.5, 0.6) is 5.75 Å². The van der Waals surface area contributed by atoms with Gasteiger partial charge in [0.2, 0.25) is 5.91 Å². The monoisotopic (exact) mass is 259 g/mol. The largest absolute Gasteiger partial charge is 0.433 e. The summed E-state index contributed by atoms with van der Waals surface area (Å²) >= 11 is 0. The second-order valence-electron chi connectivity index (χ2n) is 3.86. The van der Waals surface area contributed by atoms with Crippen LogP contribution < -0.4 is 10.1 Å². The molecule has 0 unspecified atom stereocenters. The number of nitrogens with one attached hydrogen (secondary N) is 1. The van der Waals surface area contributed by atoms with Crippen LogP contribution >= 0.6 is 0 Å². The van der Waals surface area contributed by atoms with Crippen molar-refractivity contribution in [1.29, 1.82) is 0 Å². The summed E-state index contributed by atoms with van der Waals surface area (Å²) in [7, 11) is 3.29. The van der Waals surface area contributed by atoms with Gasteiger partial charge in [0.15, 0.2) is 0 Å². The van der Waals surface area contributed by atoms with Gasteiger partial charge >= 0.3 is 6.61 Å². The molecule has 1 heterocycles. The van der Waals surface area contributed by atoms with Gasteiger partial charge in [0, 0.05) is 14.1 Å². The van der Waals surface area contributed by atoms with Gasteiger partial charge < -0.3 is 15.0 Å². The lowest BCUT2D eigenvalue weighted by Crippen LogP contribution is -2.36. The van der Waals surface area contributed by atoms with E-state index in [2.05, 4.69) is 15.0 Å². The van der Waals surface area contributed by atoms with E-state index in [1.807, 2.05) is 0 Å². The number of hydrogen-bond donors (Lipinski definition) is 1. The molecule has 18 heavy (non-hydrogen) atoms. The van der Waals surface area contributed by atoms with Gasteiger partial charge in [0.05, 0.1) is 6.20 Å². The SMILES string of the molecule is C[C@H](Nc1ccc(OC(F)F)cn1)C(=O)N(C)C. The molecule has 1 amide bonds. The maximum absolute atomic E-state index is 11.9. The number of ether oxygens (including phenoxy) is 1. The van der Waals surface area contributed by atoms with E-state index < -0.39 is 12.7 Å². The summed E-state index contributed by atoms with van der Waals surface area (Å²) in [5.41, 5.74) is 0. The Balaban J connectivity index is 2.61. The summed E-state index contributed by atoms with van der Waals surface area (Å²) in [6, 6.07) is 2.38. The fraction of sp³-hybridized carbons (Fsp3) is 0.455. The first-order valence-electron chi connectivity index (χ1n) is 5.28. The second-order valence-corrected chi connectivity index (χ2v) is 3.86. The Labute approximate surface area is 104 Å². The van der Waals surface area contributed by atoms with Crippen LogP contribution in [-0.4, -0.2) is 42.5 Å². The molecule has 1 N–H and O–H groups in total. The van der Waals surface area contributed by atoms with Crippen molar-refractivity contribution in [2.24, 2.45) is 0 Å². The molecule has 0 saturated carbocycles. The summed E-state index contributed by atoms with van der Waals surface area (Å²) in [4.78, 5) is 16.9. The molecular formula is C11H15F2N3O2. The molecule has 1 atom stereocenters. The lowest BCUT2D eigenvalue weighted by Gasteiger charge is -2.18. The zero-order valence-electron chi connectivity index (χ0n) is 10.4. The average Bonchev–Trinajstić information content (AvgIpc) is 2.29. The van der Waals surface area contributed by atoms with Crippen LogP contribution in [0.1, 0.15) is 6.92 Å². The highest BCUT2D eigenvalue weighted by atomic mass is 19.3. The highest BCUT2D eigenvalue weighted by Gasteiger charge is 2.14. The van der Waals surface area contributed by atoms with E-state index >= 15 is 0 Å². The second kappa shape index (κ2) is 6.13. The first kappa shape index (κ1) is 14.1. The van der Waals surface area contributed by atoms with E-state index in [4.69, 9.17) is 0 Å². The molecule has 0 fully saturated rings. The quantitative estimate of drug-likeness (QED) is 0.872. The van der Waals surface area contributed by atoms with Crippen LogP contribution in [0.25, 0.3) is 0 Å². The van der Waals surface area contributed by atoms with E-state index in [9.17, 15) is 13.6 Å². The molecule has 5 nitrogen and oxygen atoms in total. The summed E-state index contributed by atoms with van der Waals surface area (Å²) in [6.07, 6.45) is 1.17. The first-order valence-corrected chi connectivity index (χ1v) is 5.28. The first-order chi connectivity index (χ1) is 8.40. The maximum atomic E-state index is 11.9. The molecule has 100 valence electrons. The minimum Gasteiger partial charge on any atom is -0.433 e. The number of carbonyl (C=O) groups excluding carboxylic acids is 1. The van der Waals surface area contributed by atoms with E-state index in [1.165, 1.54) is 23.2 Å². The number of nitrogens with zero attached hydrogens (tertiary/aromatic N) is 2. The number of halogens is 2. The predicted molar refractivity (Wildman–Crippen MR) is 62.6 cm³/mol. The van der Waals surface area contributed by atoms with E-state index in [1.54, 1.807) is 21.0 Å². The Morgan fingerprint density at radius 1 is 1.44 bits per heavy atom. The zero-order valence-corrected chi connectivity index (χ0v) is 10.4. The number of rotatable bonds is 5. The van der Waals surface area contributed by atoms with E-state index in [0.29, 0.717) is 5.82 Å². The standard InChI is InChI=1S/C11H15F2N3O2/c1-7(10(17)16(2)3)15-9-5-4-8(6-14-9)18-11(12)13/h4-7,11H,1-3H3,(H,14,15)/t7-/m0/s1. The number of aromatic nitrogens is 1. The van der Waals surface area contributed by atoms with Crippen molar-refractivity contribution in [3.8, 4) is 5.75 Å². The summed E-state index contributed by atoms with van der Waals surface area (Å²) in [5.74, 6) is 0.283. The number of pyridine rings is 1. The molecule has 0 saturated heterocycles. The predicted octanol–water partition coefficient (Wildman–Crippen LogP) is 1.57. The maximum Gasteiger partial charge on any atom is 0.387 e. The topological polar surface area (TPSA) is 54.5 Å². The van der Waals surface area contributed by atoms with E-state index in [-0.39, 0.29) is 11.7 Å². The number of alkyl halides is 2. The van der Waals surface area contributed by atoms with Crippen LogP contribution in [0, 0.1) is 0 Å². The van der Waals surface area contributed by atoms with Gasteiger partial charge in [-0.3, -0.25) is 4.79 Å². The molecule has 7 heteroatoms. The van der Waals surface area contributed by atoms with Crippen molar-refractivity contribution in [1.82, 2.24) is 9.88 Å². The van der Waals surface area contributed by atoms with Crippen molar-refractivity contribution < 1.29 is 18.3 Å². The molecule has 1 aromatic heterocycles. The number of carbonyl (C=O) groups is 1. The van der Waals surface area contributed by atoms with Crippen molar-refractivity contribution in [3.05, 3.63) is 18.3 Å². The molecule has 0 aliphatic carbocycles. The Kier molecular flexibility index (Phi) is 4.82. The van der Waals surface area contributed by atoms with Crippen molar-refractivity contribution in [2.75, 3.05) is 19.4 Å². The van der Waals surface area contributed by atoms with Gasteiger partial charge in [0.1, 0.15) is 17.6 Å². The summed E-state index contributed by atoms with van der Waals surface area (Å²) in [5, 5.41) is 2.86. The Morgan fingerprint density at radius 2 is 2.11 bits per heavy atom. The molecule has 1 aromatic rings. The van der Waals surface area contributed by atoms with E-state index in [0.717, 1.165) is 0 Å². The van der Waals surface area contributed by atoms with Gasteiger partial charge in [-0.25, -0.2) is 4.98 Å². The third kappa shape index (κ3) is 4.15. The third-order valence-corrected chi connectivity index (χ3v) is 2.14. The van der Waals surface area contributed by atoms with Crippen molar-refractivity contribution in [3.63, 3.8) is 0 Å². The molecule has 0 aromatic carbocycles. The average molecular weight is 259 g/mol. The number of likely N-dealkylation sites (N-methyl/N-ethyl adjacent to an activating group) is 1. The Hall–Kier alpha value is -1.92. The van der Waals surface area contributed by atoms with Crippen molar-refractivity contribution >= 4 is 11.7 Å².